The van der Waals surface area contributed by atoms with Gasteiger partial charge >= 0.3 is 0 Å². The van der Waals surface area contributed by atoms with Gasteiger partial charge in [-0.2, -0.15) is 0 Å². The fourth-order valence-corrected chi connectivity index (χ4v) is 2.78. The van der Waals surface area contributed by atoms with E-state index in [1.165, 1.54) is 11.1 Å². The maximum atomic E-state index is 9.60. The molecule has 0 radical (unpaired) electrons. The number of hydrogen-bond acceptors (Lipinski definition) is 2. The summed E-state index contributed by atoms with van der Waals surface area (Å²) >= 11 is 3.48. The zero-order valence-corrected chi connectivity index (χ0v) is 13.1. The highest BCUT2D eigenvalue weighted by Gasteiger charge is 2.10. The van der Waals surface area contributed by atoms with Crippen molar-refractivity contribution in [3.05, 3.63) is 64.1 Å². The van der Waals surface area contributed by atoms with Gasteiger partial charge in [0.15, 0.2) is 0 Å². The third-order valence-electron chi connectivity index (χ3n) is 3.33. The Bertz CT molecular complexity index is 554. The Hall–Kier alpha value is -1.32. The number of halogens is 1. The van der Waals surface area contributed by atoms with Crippen molar-refractivity contribution in [1.29, 1.82) is 0 Å². The van der Waals surface area contributed by atoms with E-state index in [-0.39, 0.29) is 12.5 Å². The van der Waals surface area contributed by atoms with E-state index in [2.05, 4.69) is 34.1 Å². The van der Waals surface area contributed by atoms with Gasteiger partial charge in [-0.3, -0.25) is 0 Å². The molecule has 1 unspecified atom stereocenters. The van der Waals surface area contributed by atoms with Crippen molar-refractivity contribution in [2.45, 2.75) is 12.8 Å². The third kappa shape index (κ3) is 4.36. The molecule has 0 heterocycles. The minimum Gasteiger partial charge on any atom is -0.497 e. The van der Waals surface area contributed by atoms with Crippen LogP contribution in [-0.2, 0) is 12.8 Å². The molecule has 0 aliphatic rings. The van der Waals surface area contributed by atoms with Crippen molar-refractivity contribution in [2.75, 3.05) is 13.7 Å². The SMILES string of the molecule is COc1cccc(CC(CO)Cc2cccc(Br)c2)c1. The average Bonchev–Trinajstić information content (AvgIpc) is 2.47. The number of rotatable bonds is 6. The van der Waals surface area contributed by atoms with Crippen LogP contribution in [0.25, 0.3) is 0 Å². The highest BCUT2D eigenvalue weighted by Crippen LogP contribution is 2.20. The van der Waals surface area contributed by atoms with Gasteiger partial charge in [0, 0.05) is 11.1 Å². The lowest BCUT2D eigenvalue weighted by atomic mass is 9.93. The molecular formula is C17H19BrO2. The summed E-state index contributed by atoms with van der Waals surface area (Å²) in [6.07, 6.45) is 1.72. The van der Waals surface area contributed by atoms with E-state index in [0.717, 1.165) is 23.1 Å². The van der Waals surface area contributed by atoms with Gasteiger partial charge in [-0.1, -0.05) is 40.2 Å². The monoisotopic (exact) mass is 334 g/mol. The molecule has 1 atom stereocenters. The highest BCUT2D eigenvalue weighted by molar-refractivity contribution is 9.10. The van der Waals surface area contributed by atoms with Crippen LogP contribution in [0.15, 0.2) is 53.0 Å². The maximum Gasteiger partial charge on any atom is 0.119 e. The van der Waals surface area contributed by atoms with E-state index in [0.29, 0.717) is 0 Å². The summed E-state index contributed by atoms with van der Waals surface area (Å²) in [7, 11) is 1.67. The highest BCUT2D eigenvalue weighted by atomic mass is 79.9. The first-order chi connectivity index (χ1) is 9.71. The van der Waals surface area contributed by atoms with Gasteiger partial charge in [0.1, 0.15) is 5.75 Å². The number of hydrogen-bond donors (Lipinski definition) is 1. The molecule has 0 saturated carbocycles. The summed E-state index contributed by atoms with van der Waals surface area (Å²) in [6, 6.07) is 16.3. The Kier molecular flexibility index (Phi) is 5.62. The summed E-state index contributed by atoms with van der Waals surface area (Å²) < 4.78 is 6.31. The van der Waals surface area contributed by atoms with Crippen LogP contribution < -0.4 is 4.74 Å². The molecule has 0 aromatic heterocycles. The maximum absolute atomic E-state index is 9.60. The molecule has 20 heavy (non-hydrogen) atoms. The molecule has 0 amide bonds. The largest absolute Gasteiger partial charge is 0.497 e. The summed E-state index contributed by atoms with van der Waals surface area (Å²) in [6.45, 7) is 0.184. The van der Waals surface area contributed by atoms with Crippen LogP contribution in [0.3, 0.4) is 0 Å². The van der Waals surface area contributed by atoms with Gasteiger partial charge in [-0.25, -0.2) is 0 Å². The molecule has 1 N–H and O–H groups in total. The predicted molar refractivity (Wildman–Crippen MR) is 85.1 cm³/mol. The van der Waals surface area contributed by atoms with Crippen LogP contribution in [0.1, 0.15) is 11.1 Å². The van der Waals surface area contributed by atoms with Crippen molar-refractivity contribution in [2.24, 2.45) is 5.92 Å². The molecule has 0 spiro atoms. The quantitative estimate of drug-likeness (QED) is 0.869. The van der Waals surface area contributed by atoms with Gasteiger partial charge in [-0.05, 0) is 54.2 Å². The summed E-state index contributed by atoms with van der Waals surface area (Å²) in [5.41, 5.74) is 2.43. The summed E-state index contributed by atoms with van der Waals surface area (Å²) in [5.74, 6) is 1.08. The number of methoxy groups -OCH3 is 1. The molecule has 0 fully saturated rings. The summed E-state index contributed by atoms with van der Waals surface area (Å²) in [5, 5.41) is 9.60. The number of ether oxygens (including phenoxy) is 1. The standard InChI is InChI=1S/C17H19BrO2/c1-20-17-7-3-5-14(11-17)9-15(12-19)8-13-4-2-6-16(18)10-13/h2-7,10-11,15,19H,8-9,12H2,1H3. The first kappa shape index (κ1) is 15.1. The van der Waals surface area contributed by atoms with Gasteiger partial charge in [-0.15, -0.1) is 0 Å². The topological polar surface area (TPSA) is 29.5 Å². The number of aliphatic hydroxyl groups excluding tert-OH is 1. The van der Waals surface area contributed by atoms with Crippen LogP contribution in [0.5, 0.6) is 5.75 Å². The zero-order chi connectivity index (χ0) is 14.4. The van der Waals surface area contributed by atoms with Crippen LogP contribution >= 0.6 is 15.9 Å². The predicted octanol–water partition coefficient (Wildman–Crippen LogP) is 3.85. The Morgan fingerprint density at radius 3 is 2.30 bits per heavy atom. The Morgan fingerprint density at radius 1 is 1.05 bits per heavy atom. The van der Waals surface area contributed by atoms with Gasteiger partial charge < -0.3 is 9.84 Å². The molecule has 0 bridgehead atoms. The second-order valence-corrected chi connectivity index (χ2v) is 5.85. The van der Waals surface area contributed by atoms with Gasteiger partial charge in [0.2, 0.25) is 0 Å². The fourth-order valence-electron chi connectivity index (χ4n) is 2.33. The van der Waals surface area contributed by atoms with Crippen molar-refractivity contribution >= 4 is 15.9 Å². The summed E-state index contributed by atoms with van der Waals surface area (Å²) in [4.78, 5) is 0. The lowest BCUT2D eigenvalue weighted by Crippen LogP contribution is -2.13. The van der Waals surface area contributed by atoms with Gasteiger partial charge in [0.25, 0.3) is 0 Å². The minimum absolute atomic E-state index is 0.184. The molecule has 0 aliphatic heterocycles. The third-order valence-corrected chi connectivity index (χ3v) is 3.82. The molecule has 2 nitrogen and oxygen atoms in total. The lowest BCUT2D eigenvalue weighted by Gasteiger charge is -2.15. The first-order valence-corrected chi connectivity index (χ1v) is 7.49. The molecule has 3 heteroatoms. The second kappa shape index (κ2) is 7.46. The molecule has 2 aromatic carbocycles. The van der Waals surface area contributed by atoms with E-state index in [9.17, 15) is 5.11 Å². The Morgan fingerprint density at radius 2 is 1.70 bits per heavy atom. The van der Waals surface area contributed by atoms with E-state index in [1.807, 2.05) is 30.3 Å². The number of aliphatic hydroxyl groups is 1. The minimum atomic E-state index is 0.184. The molecule has 2 rings (SSSR count). The molecule has 2 aromatic rings. The van der Waals surface area contributed by atoms with Crippen molar-refractivity contribution < 1.29 is 9.84 Å². The average molecular weight is 335 g/mol. The Balaban J connectivity index is 2.05. The van der Waals surface area contributed by atoms with Crippen LogP contribution in [0, 0.1) is 5.92 Å². The van der Waals surface area contributed by atoms with Crippen molar-refractivity contribution in [3.63, 3.8) is 0 Å². The van der Waals surface area contributed by atoms with Crippen molar-refractivity contribution in [3.8, 4) is 5.75 Å². The second-order valence-electron chi connectivity index (χ2n) is 4.94. The van der Waals surface area contributed by atoms with Crippen LogP contribution in [0.4, 0.5) is 0 Å². The van der Waals surface area contributed by atoms with E-state index in [1.54, 1.807) is 7.11 Å². The molecule has 0 saturated heterocycles. The van der Waals surface area contributed by atoms with Gasteiger partial charge in [0.05, 0.1) is 7.11 Å². The van der Waals surface area contributed by atoms with E-state index in [4.69, 9.17) is 4.74 Å². The van der Waals surface area contributed by atoms with Crippen LogP contribution in [0.2, 0.25) is 0 Å². The Labute approximate surface area is 128 Å². The first-order valence-electron chi connectivity index (χ1n) is 6.69. The number of benzene rings is 2. The zero-order valence-electron chi connectivity index (χ0n) is 11.6. The molecular weight excluding hydrogens is 316 g/mol. The smallest absolute Gasteiger partial charge is 0.119 e. The fraction of sp³-hybridized carbons (Fsp3) is 0.294. The van der Waals surface area contributed by atoms with E-state index < -0.39 is 0 Å². The van der Waals surface area contributed by atoms with E-state index >= 15 is 0 Å². The molecule has 106 valence electrons. The normalized spacial score (nSPS) is 12.2. The lowest BCUT2D eigenvalue weighted by molar-refractivity contribution is 0.225. The van der Waals surface area contributed by atoms with Crippen molar-refractivity contribution in [1.82, 2.24) is 0 Å². The molecule has 0 aliphatic carbocycles. The van der Waals surface area contributed by atoms with Crippen LogP contribution in [-0.4, -0.2) is 18.8 Å².